The van der Waals surface area contributed by atoms with Gasteiger partial charge in [0.05, 0.1) is 0 Å². The first kappa shape index (κ1) is 20.6. The molecule has 6 aromatic rings. The maximum absolute atomic E-state index is 8.13. The number of nitrogens with zero attached hydrogens (tertiary/aromatic N) is 5. The van der Waals surface area contributed by atoms with Crippen LogP contribution in [-0.4, -0.2) is 26.0 Å². The van der Waals surface area contributed by atoms with E-state index in [1.54, 1.807) is 30.6 Å². The van der Waals surface area contributed by atoms with Crippen LogP contribution in [0.4, 0.5) is 5.69 Å². The number of imidazole rings is 1. The topological polar surface area (TPSA) is 48.1 Å². The van der Waals surface area contributed by atoms with E-state index in [4.69, 9.17) is 8.85 Å². The largest absolute Gasteiger partial charge is 2.00 e. The fourth-order valence-corrected chi connectivity index (χ4v) is 5.44. The van der Waals surface area contributed by atoms with Gasteiger partial charge in [0, 0.05) is 45.5 Å². The summed E-state index contributed by atoms with van der Waals surface area (Å²) in [6.07, 6.45) is 8.77. The van der Waals surface area contributed by atoms with E-state index in [9.17, 15) is 0 Å². The summed E-state index contributed by atoms with van der Waals surface area (Å²) in [4.78, 5) is 11.0. The molecule has 2 aliphatic rings. The minimum absolute atomic E-state index is 0. The van der Waals surface area contributed by atoms with Crippen LogP contribution in [0, 0.1) is 12.1 Å². The van der Waals surface area contributed by atoms with Gasteiger partial charge in [-0.05, 0) is 42.2 Å². The second kappa shape index (κ2) is 9.14. The maximum Gasteiger partial charge on any atom is 2.00 e. The fourth-order valence-electron chi connectivity index (χ4n) is 5.44. The second-order valence-electron chi connectivity index (χ2n) is 9.19. The number of hydrogen-bond acceptors (Lipinski definition) is 4. The standard InChI is InChI=1S/C31H20BN5O.Pt/c1-21-7-6-15-32-35-18-17-34-31(35)26-19-22(12-14-28(26)37(21)32)38-23-11-13-25-24-8-2-3-9-27(24)36(29(25)20-23)30-10-4-5-16-33-30;/h2-18H,1H3;/q-2;+2/i1D3;. The van der Waals surface area contributed by atoms with Crippen LogP contribution in [0.5, 0.6) is 11.5 Å². The number of fused-ring (bicyclic) bond motifs is 9. The summed E-state index contributed by atoms with van der Waals surface area (Å²) in [5.74, 6) is 4.44. The Bertz CT molecular complexity index is 2050. The van der Waals surface area contributed by atoms with Gasteiger partial charge in [-0.3, -0.25) is 4.98 Å². The molecule has 0 saturated carbocycles. The van der Waals surface area contributed by atoms with Gasteiger partial charge in [-0.25, -0.2) is 4.98 Å². The Labute approximate surface area is 244 Å². The Hall–Kier alpha value is -4.35. The molecule has 0 atom stereocenters. The molecule has 0 saturated heterocycles. The summed E-state index contributed by atoms with van der Waals surface area (Å²) in [7, 11) is 0. The molecule has 0 aliphatic carbocycles. The first-order valence-electron chi connectivity index (χ1n) is 13.8. The molecule has 0 fully saturated rings. The summed E-state index contributed by atoms with van der Waals surface area (Å²) in [6.45, 7) is -2.62. The molecular formula is C31H20BN5OPt. The van der Waals surface area contributed by atoms with E-state index in [2.05, 4.69) is 38.8 Å². The van der Waals surface area contributed by atoms with Gasteiger partial charge in [0.2, 0.25) is 0 Å². The number of benzene rings is 3. The third-order valence-electron chi connectivity index (χ3n) is 7.05. The van der Waals surface area contributed by atoms with Crippen molar-refractivity contribution in [3.8, 4) is 28.7 Å². The number of pyridine rings is 1. The number of para-hydroxylation sites is 1. The molecule has 0 N–H and O–H groups in total. The zero-order valence-electron chi connectivity index (χ0n) is 23.4. The molecule has 8 heteroatoms. The summed E-state index contributed by atoms with van der Waals surface area (Å²) < 4.78 is 34.7. The first-order valence-corrected chi connectivity index (χ1v) is 12.3. The van der Waals surface area contributed by atoms with Gasteiger partial charge in [0.1, 0.15) is 5.82 Å². The molecule has 39 heavy (non-hydrogen) atoms. The van der Waals surface area contributed by atoms with Crippen LogP contribution in [0.15, 0.2) is 109 Å². The Morgan fingerprint density at radius 3 is 2.67 bits per heavy atom. The maximum atomic E-state index is 8.13. The normalized spacial score (nSPS) is 15.0. The van der Waals surface area contributed by atoms with Gasteiger partial charge in [0.15, 0.2) is 0 Å². The average Bonchev–Trinajstić information content (AvgIpc) is 3.60. The van der Waals surface area contributed by atoms with E-state index in [0.29, 0.717) is 28.6 Å². The van der Waals surface area contributed by atoms with Crippen molar-refractivity contribution in [3.05, 3.63) is 121 Å². The Kier molecular flexibility index (Phi) is 4.83. The number of aromatic nitrogens is 4. The molecule has 8 rings (SSSR count). The molecule has 2 aliphatic heterocycles. The zero-order chi connectivity index (χ0) is 27.7. The van der Waals surface area contributed by atoms with Gasteiger partial charge in [-0.1, -0.05) is 65.2 Å². The molecule has 0 bridgehead atoms. The molecule has 0 amide bonds. The molecule has 0 spiro atoms. The van der Waals surface area contributed by atoms with Crippen molar-refractivity contribution in [1.82, 2.24) is 19.0 Å². The van der Waals surface area contributed by atoms with E-state index >= 15 is 0 Å². The predicted molar refractivity (Wildman–Crippen MR) is 151 cm³/mol. The molecule has 3 aromatic heterocycles. The molecule has 0 unspecified atom stereocenters. The van der Waals surface area contributed by atoms with Crippen LogP contribution < -0.4 is 9.55 Å². The van der Waals surface area contributed by atoms with E-state index < -0.39 is 6.85 Å². The average molecular weight is 687 g/mol. The van der Waals surface area contributed by atoms with Gasteiger partial charge >= 0.3 is 28.0 Å². The number of allylic oxidation sites excluding steroid dienone is 3. The molecule has 188 valence electrons. The van der Waals surface area contributed by atoms with Gasteiger partial charge in [0.25, 0.3) is 0 Å². The number of rotatable bonds is 3. The first-order chi connectivity index (χ1) is 20.0. The van der Waals surface area contributed by atoms with E-state index in [1.165, 1.54) is 0 Å². The SMILES string of the molecule is [2H]C([2H])([2H])C1=CC=CB2N1c1ccc(Oc3[c-]c4c(cc3)c3ccccc3n4-c3ccccn3)[c-]c1-c1nccn12.[Pt+2]. The molecule has 0 radical (unpaired) electrons. The Morgan fingerprint density at radius 2 is 1.77 bits per heavy atom. The Morgan fingerprint density at radius 1 is 0.897 bits per heavy atom. The summed E-state index contributed by atoms with van der Waals surface area (Å²) in [5, 5.41) is 2.15. The number of anilines is 1. The smallest absolute Gasteiger partial charge is 0.503 e. The van der Waals surface area contributed by atoms with Gasteiger partial charge in [-0.15, -0.1) is 23.6 Å². The van der Waals surface area contributed by atoms with Crippen molar-refractivity contribution in [1.29, 1.82) is 0 Å². The van der Waals surface area contributed by atoms with Crippen molar-refractivity contribution in [2.75, 3.05) is 4.81 Å². The van der Waals surface area contributed by atoms with Crippen molar-refractivity contribution in [3.63, 3.8) is 0 Å². The summed E-state index contributed by atoms with van der Waals surface area (Å²) >= 11 is 0. The zero-order valence-corrected chi connectivity index (χ0v) is 22.6. The summed E-state index contributed by atoms with van der Waals surface area (Å²) in [5.41, 5.74) is 3.51. The van der Waals surface area contributed by atoms with Crippen LogP contribution in [0.1, 0.15) is 11.0 Å². The van der Waals surface area contributed by atoms with Gasteiger partial charge < -0.3 is 18.6 Å². The molecule has 6 nitrogen and oxygen atoms in total. The Balaban J connectivity index is 0.00000288. The van der Waals surface area contributed by atoms with Crippen LogP contribution in [-0.2, 0) is 21.1 Å². The minimum Gasteiger partial charge on any atom is -0.503 e. The van der Waals surface area contributed by atoms with Crippen LogP contribution in [0.25, 0.3) is 39.0 Å². The van der Waals surface area contributed by atoms with Crippen LogP contribution in [0.3, 0.4) is 0 Å². The third-order valence-corrected chi connectivity index (χ3v) is 7.05. The van der Waals surface area contributed by atoms with Gasteiger partial charge in [-0.2, -0.15) is 6.07 Å². The molecular weight excluding hydrogens is 664 g/mol. The number of ether oxygens (including phenoxy) is 1. The monoisotopic (exact) mass is 687 g/mol. The minimum atomic E-state index is -2.29. The van der Waals surface area contributed by atoms with Crippen LogP contribution in [0.2, 0.25) is 0 Å². The predicted octanol–water partition coefficient (Wildman–Crippen LogP) is 6.60. The van der Waals surface area contributed by atoms with Crippen molar-refractivity contribution in [2.24, 2.45) is 0 Å². The quantitative estimate of drug-likeness (QED) is 0.156. The molecule has 3 aromatic carbocycles. The van der Waals surface area contributed by atoms with Crippen molar-refractivity contribution >= 4 is 34.5 Å². The van der Waals surface area contributed by atoms with E-state index in [-0.39, 0.29) is 33.7 Å². The third kappa shape index (κ3) is 3.61. The number of hydrogen-bond donors (Lipinski definition) is 0. The van der Waals surface area contributed by atoms with E-state index in [1.807, 2.05) is 70.0 Å². The van der Waals surface area contributed by atoms with E-state index in [0.717, 1.165) is 27.6 Å². The van der Waals surface area contributed by atoms with Crippen molar-refractivity contribution < 1.29 is 29.9 Å². The second-order valence-corrected chi connectivity index (χ2v) is 9.19. The van der Waals surface area contributed by atoms with Crippen molar-refractivity contribution in [2.45, 2.75) is 6.85 Å². The summed E-state index contributed by atoms with van der Waals surface area (Å²) in [6, 6.07) is 28.4. The molecule has 5 heterocycles. The van der Waals surface area contributed by atoms with Crippen LogP contribution >= 0.6 is 0 Å². The fraction of sp³-hybridized carbons (Fsp3) is 0.0323.